The molecule has 0 bridgehead atoms. The number of sulfonamides is 1. The third-order valence-corrected chi connectivity index (χ3v) is 7.73. The Morgan fingerprint density at radius 3 is 2.24 bits per heavy atom. The normalized spacial score (nSPS) is 14.7. The Morgan fingerprint density at radius 1 is 0.971 bits per heavy atom. The first kappa shape index (κ1) is 26.2. The zero-order valence-electron chi connectivity index (χ0n) is 19.4. The van der Waals surface area contributed by atoms with Crippen LogP contribution in [-0.4, -0.2) is 44.8 Å². The van der Waals surface area contributed by atoms with E-state index in [9.17, 15) is 18.0 Å². The molecule has 9 heteroatoms. The van der Waals surface area contributed by atoms with Crippen molar-refractivity contribution in [2.75, 3.05) is 25.0 Å². The topological polar surface area (TPSA) is 95.6 Å². The van der Waals surface area contributed by atoms with Gasteiger partial charge >= 0.3 is 0 Å². The van der Waals surface area contributed by atoms with Crippen molar-refractivity contribution in [1.29, 1.82) is 0 Å². The van der Waals surface area contributed by atoms with E-state index in [1.807, 2.05) is 0 Å². The van der Waals surface area contributed by atoms with Gasteiger partial charge in [-0.3, -0.25) is 9.59 Å². The standard InChI is InChI=1S/C25H32ClN3O4S/c1-2-3-4-5-16-27-34(32,33)23-12-10-22(11-13-23)28-24(30)19-14-17-29(18-15-19)25(31)20-6-8-21(26)9-7-20/h6-13,19,27H,2-5,14-18H2,1H3,(H,28,30). The van der Waals surface area contributed by atoms with Crippen LogP contribution in [0.2, 0.25) is 5.02 Å². The van der Waals surface area contributed by atoms with Gasteiger partial charge in [-0.1, -0.05) is 37.8 Å². The summed E-state index contributed by atoms with van der Waals surface area (Å²) in [6.07, 6.45) is 5.14. The highest BCUT2D eigenvalue weighted by atomic mass is 35.5. The molecule has 1 heterocycles. The van der Waals surface area contributed by atoms with Gasteiger partial charge in [0.05, 0.1) is 4.90 Å². The number of nitrogens with one attached hydrogen (secondary N) is 2. The highest BCUT2D eigenvalue weighted by Crippen LogP contribution is 2.22. The summed E-state index contributed by atoms with van der Waals surface area (Å²) in [4.78, 5) is 27.3. The zero-order chi connectivity index (χ0) is 24.6. The predicted octanol–water partition coefficient (Wildman–Crippen LogP) is 4.69. The molecule has 0 spiro atoms. The molecule has 7 nitrogen and oxygen atoms in total. The van der Waals surface area contributed by atoms with Gasteiger partial charge in [0.25, 0.3) is 5.91 Å². The molecule has 1 fully saturated rings. The van der Waals surface area contributed by atoms with Gasteiger partial charge in [0.1, 0.15) is 0 Å². The fraction of sp³-hybridized carbons (Fsp3) is 0.440. The fourth-order valence-corrected chi connectivity index (χ4v) is 5.12. The molecule has 184 valence electrons. The summed E-state index contributed by atoms with van der Waals surface area (Å²) in [5.41, 5.74) is 1.13. The molecular formula is C25H32ClN3O4S. The second-order valence-electron chi connectivity index (χ2n) is 8.55. The number of halogens is 1. The number of carbonyl (C=O) groups excluding carboxylic acids is 2. The predicted molar refractivity (Wildman–Crippen MR) is 134 cm³/mol. The Kier molecular flexibility index (Phi) is 9.50. The number of rotatable bonds is 10. The van der Waals surface area contributed by atoms with Crippen LogP contribution >= 0.6 is 11.6 Å². The molecule has 2 amide bonds. The molecular weight excluding hydrogens is 474 g/mol. The van der Waals surface area contributed by atoms with Gasteiger partial charge in [-0.15, -0.1) is 0 Å². The smallest absolute Gasteiger partial charge is 0.253 e. The maximum atomic E-state index is 12.7. The van der Waals surface area contributed by atoms with Gasteiger partial charge in [0.2, 0.25) is 15.9 Å². The minimum atomic E-state index is -3.56. The molecule has 0 unspecified atom stereocenters. The average Bonchev–Trinajstić information content (AvgIpc) is 2.84. The molecule has 2 N–H and O–H groups in total. The van der Waals surface area contributed by atoms with Crippen LogP contribution in [0.25, 0.3) is 0 Å². The third-order valence-electron chi connectivity index (χ3n) is 6.00. The summed E-state index contributed by atoms with van der Waals surface area (Å²) < 4.78 is 27.4. The Labute approximate surface area is 206 Å². The van der Waals surface area contributed by atoms with Crippen molar-refractivity contribution in [2.24, 2.45) is 5.92 Å². The summed E-state index contributed by atoms with van der Waals surface area (Å²) in [6, 6.07) is 13.0. The summed E-state index contributed by atoms with van der Waals surface area (Å²) in [5, 5.41) is 3.45. The van der Waals surface area contributed by atoms with Crippen LogP contribution in [-0.2, 0) is 14.8 Å². The number of hydrogen-bond donors (Lipinski definition) is 2. The van der Waals surface area contributed by atoms with E-state index in [1.54, 1.807) is 41.3 Å². The Bertz CT molecular complexity index is 1060. The molecule has 0 saturated carbocycles. The van der Waals surface area contributed by atoms with Crippen LogP contribution in [0.15, 0.2) is 53.4 Å². The van der Waals surface area contributed by atoms with Crippen molar-refractivity contribution in [1.82, 2.24) is 9.62 Å². The van der Waals surface area contributed by atoms with Gasteiger partial charge < -0.3 is 10.2 Å². The van der Waals surface area contributed by atoms with Crippen LogP contribution in [0.3, 0.4) is 0 Å². The first-order valence-electron chi connectivity index (χ1n) is 11.8. The molecule has 2 aromatic rings. The largest absolute Gasteiger partial charge is 0.339 e. The van der Waals surface area contributed by atoms with E-state index in [-0.39, 0.29) is 22.6 Å². The van der Waals surface area contributed by atoms with E-state index in [4.69, 9.17) is 11.6 Å². The van der Waals surface area contributed by atoms with Crippen molar-refractivity contribution >= 4 is 39.1 Å². The minimum Gasteiger partial charge on any atom is -0.339 e. The third kappa shape index (κ3) is 7.29. The maximum absolute atomic E-state index is 12.7. The van der Waals surface area contributed by atoms with Crippen LogP contribution in [0.5, 0.6) is 0 Å². The van der Waals surface area contributed by atoms with E-state index >= 15 is 0 Å². The highest BCUT2D eigenvalue weighted by molar-refractivity contribution is 7.89. The van der Waals surface area contributed by atoms with E-state index in [0.29, 0.717) is 48.7 Å². The maximum Gasteiger partial charge on any atom is 0.253 e. The summed E-state index contributed by atoms with van der Waals surface area (Å²) in [7, 11) is -3.56. The number of piperidine rings is 1. The zero-order valence-corrected chi connectivity index (χ0v) is 21.0. The van der Waals surface area contributed by atoms with Gasteiger partial charge in [-0.2, -0.15) is 0 Å². The highest BCUT2D eigenvalue weighted by Gasteiger charge is 2.28. The van der Waals surface area contributed by atoms with Crippen molar-refractivity contribution in [3.8, 4) is 0 Å². The molecule has 34 heavy (non-hydrogen) atoms. The Morgan fingerprint density at radius 2 is 1.62 bits per heavy atom. The number of benzene rings is 2. The molecule has 1 aliphatic rings. The molecule has 2 aromatic carbocycles. The van der Waals surface area contributed by atoms with Crippen LogP contribution in [0, 0.1) is 5.92 Å². The first-order chi connectivity index (χ1) is 16.3. The monoisotopic (exact) mass is 505 g/mol. The van der Waals surface area contributed by atoms with Crippen molar-refractivity contribution < 1.29 is 18.0 Å². The summed E-state index contributed by atoms with van der Waals surface area (Å²) >= 11 is 5.89. The molecule has 1 saturated heterocycles. The van der Waals surface area contributed by atoms with E-state index < -0.39 is 10.0 Å². The van der Waals surface area contributed by atoms with Crippen molar-refractivity contribution in [2.45, 2.75) is 50.3 Å². The Balaban J connectivity index is 1.47. The second-order valence-corrected chi connectivity index (χ2v) is 10.7. The van der Waals surface area contributed by atoms with Gasteiger partial charge in [-0.05, 0) is 67.8 Å². The number of carbonyl (C=O) groups is 2. The van der Waals surface area contributed by atoms with Gasteiger partial charge in [0, 0.05) is 41.8 Å². The lowest BCUT2D eigenvalue weighted by Crippen LogP contribution is -2.41. The van der Waals surface area contributed by atoms with Crippen molar-refractivity contribution in [3.63, 3.8) is 0 Å². The number of amides is 2. The minimum absolute atomic E-state index is 0.0636. The molecule has 0 aromatic heterocycles. The second kappa shape index (κ2) is 12.3. The number of likely N-dealkylation sites (tertiary alicyclic amines) is 1. The van der Waals surface area contributed by atoms with Crippen LogP contribution in [0.1, 0.15) is 55.8 Å². The quantitative estimate of drug-likeness (QED) is 0.458. The summed E-state index contributed by atoms with van der Waals surface area (Å²) in [6.45, 7) is 3.53. The lowest BCUT2D eigenvalue weighted by Gasteiger charge is -2.31. The van der Waals surface area contributed by atoms with Crippen LogP contribution in [0.4, 0.5) is 5.69 Å². The van der Waals surface area contributed by atoms with Crippen LogP contribution < -0.4 is 10.0 Å². The SMILES string of the molecule is CCCCCCNS(=O)(=O)c1ccc(NC(=O)C2CCN(C(=O)c3ccc(Cl)cc3)CC2)cc1. The Hall–Kier alpha value is -2.42. The van der Waals surface area contributed by atoms with E-state index in [0.717, 1.165) is 25.7 Å². The molecule has 3 rings (SSSR count). The number of anilines is 1. The van der Waals surface area contributed by atoms with Gasteiger partial charge in [0.15, 0.2) is 0 Å². The first-order valence-corrected chi connectivity index (χ1v) is 13.6. The van der Waals surface area contributed by atoms with Gasteiger partial charge in [-0.25, -0.2) is 13.1 Å². The fourth-order valence-electron chi connectivity index (χ4n) is 3.92. The lowest BCUT2D eigenvalue weighted by molar-refractivity contribution is -0.121. The molecule has 0 atom stereocenters. The number of unbranched alkanes of at least 4 members (excludes halogenated alkanes) is 3. The van der Waals surface area contributed by atoms with E-state index in [1.165, 1.54) is 12.1 Å². The van der Waals surface area contributed by atoms with E-state index in [2.05, 4.69) is 17.0 Å². The number of nitrogens with zero attached hydrogens (tertiary/aromatic N) is 1. The summed E-state index contributed by atoms with van der Waals surface area (Å²) in [5.74, 6) is -0.392. The number of hydrogen-bond acceptors (Lipinski definition) is 4. The molecule has 0 aliphatic carbocycles. The molecule has 0 radical (unpaired) electrons. The molecule has 1 aliphatic heterocycles. The average molecular weight is 506 g/mol. The lowest BCUT2D eigenvalue weighted by atomic mass is 9.95. The van der Waals surface area contributed by atoms with Crippen molar-refractivity contribution in [3.05, 3.63) is 59.1 Å².